The number of hydrogen-bond acceptors (Lipinski definition) is 8. The number of aromatic nitrogens is 2. The fraction of sp³-hybridized carbons (Fsp3) is 0.111. The van der Waals surface area contributed by atoms with Crippen LogP contribution in [0, 0.1) is 0 Å². The van der Waals surface area contributed by atoms with Gasteiger partial charge in [-0.3, -0.25) is 4.79 Å². The summed E-state index contributed by atoms with van der Waals surface area (Å²) >= 11 is 18.0. The number of hydrazone groups is 1. The largest absolute Gasteiger partial charge is 0.488 e. The van der Waals surface area contributed by atoms with Crippen molar-refractivity contribution >= 4 is 79.5 Å². The first-order valence-corrected chi connectivity index (χ1v) is 11.7. The van der Waals surface area contributed by atoms with Gasteiger partial charge in [0.25, 0.3) is 5.91 Å². The van der Waals surface area contributed by atoms with Gasteiger partial charge in [-0.05, 0) is 30.3 Å². The molecule has 30 heavy (non-hydrogen) atoms. The highest BCUT2D eigenvalue weighted by molar-refractivity contribution is 9.10. The molecule has 0 aliphatic rings. The fourth-order valence-electron chi connectivity index (χ4n) is 2.16. The van der Waals surface area contributed by atoms with E-state index in [1.807, 2.05) is 12.1 Å². The van der Waals surface area contributed by atoms with E-state index in [0.717, 1.165) is 10.0 Å². The van der Waals surface area contributed by atoms with Crippen molar-refractivity contribution < 1.29 is 9.53 Å². The van der Waals surface area contributed by atoms with Gasteiger partial charge in [-0.1, -0.05) is 68.3 Å². The number of nitrogens with two attached hydrogens (primary N) is 1. The Bertz CT molecular complexity index is 1080. The summed E-state index contributed by atoms with van der Waals surface area (Å²) in [6.07, 6.45) is 1.51. The summed E-state index contributed by atoms with van der Waals surface area (Å²) in [6, 6.07) is 10.7. The summed E-state index contributed by atoms with van der Waals surface area (Å²) in [7, 11) is 0. The van der Waals surface area contributed by atoms with Crippen molar-refractivity contribution in [3.63, 3.8) is 0 Å². The Balaban J connectivity index is 1.59. The number of ether oxygens (including phenoxy) is 1. The van der Waals surface area contributed by atoms with Crippen LogP contribution >= 0.6 is 62.2 Å². The SMILES string of the molecule is Nc1nnc(SCC(=O)NN=Cc2cc(Br)ccc2OCc2ccc(Cl)cc2Cl)s1. The number of rotatable bonds is 8. The lowest BCUT2D eigenvalue weighted by atomic mass is 10.2. The van der Waals surface area contributed by atoms with E-state index in [4.69, 9.17) is 33.7 Å². The zero-order chi connectivity index (χ0) is 21.5. The lowest BCUT2D eigenvalue weighted by Gasteiger charge is -2.11. The Morgan fingerprint density at radius 1 is 1.30 bits per heavy atom. The highest BCUT2D eigenvalue weighted by Gasteiger charge is 2.08. The number of halogens is 3. The molecule has 3 aromatic rings. The lowest BCUT2D eigenvalue weighted by Crippen LogP contribution is -2.19. The van der Waals surface area contributed by atoms with Gasteiger partial charge in [-0.15, -0.1) is 10.2 Å². The van der Waals surface area contributed by atoms with Gasteiger partial charge in [-0.2, -0.15) is 5.10 Å². The minimum atomic E-state index is -0.282. The molecule has 1 amide bonds. The Labute approximate surface area is 199 Å². The molecule has 0 saturated carbocycles. The smallest absolute Gasteiger partial charge is 0.250 e. The topological polar surface area (TPSA) is 102 Å². The molecule has 7 nitrogen and oxygen atoms in total. The maximum absolute atomic E-state index is 12.0. The molecule has 0 spiro atoms. The third-order valence-electron chi connectivity index (χ3n) is 3.51. The molecule has 0 aliphatic carbocycles. The van der Waals surface area contributed by atoms with E-state index in [9.17, 15) is 4.79 Å². The molecule has 12 heteroatoms. The predicted octanol–water partition coefficient (Wildman–Crippen LogP) is 5.01. The molecule has 0 saturated heterocycles. The van der Waals surface area contributed by atoms with E-state index in [1.165, 1.54) is 29.3 Å². The number of thioether (sulfide) groups is 1. The summed E-state index contributed by atoms with van der Waals surface area (Å²) in [5.41, 5.74) is 9.46. The molecule has 3 rings (SSSR count). The van der Waals surface area contributed by atoms with Crippen LogP contribution in [0.5, 0.6) is 5.75 Å². The second-order valence-corrected chi connectivity index (χ2v) is 9.69. The van der Waals surface area contributed by atoms with Crippen molar-refractivity contribution in [2.45, 2.75) is 10.9 Å². The first-order valence-electron chi connectivity index (χ1n) is 8.30. The molecular weight excluding hydrogens is 533 g/mol. The van der Waals surface area contributed by atoms with Gasteiger partial charge in [0.15, 0.2) is 4.34 Å². The van der Waals surface area contributed by atoms with Crippen molar-refractivity contribution in [2.75, 3.05) is 11.5 Å². The summed E-state index contributed by atoms with van der Waals surface area (Å²) in [4.78, 5) is 12.0. The average Bonchev–Trinajstić information content (AvgIpc) is 3.12. The number of hydrogen-bond donors (Lipinski definition) is 2. The van der Waals surface area contributed by atoms with E-state index < -0.39 is 0 Å². The highest BCUT2D eigenvalue weighted by Crippen LogP contribution is 2.26. The Kier molecular flexibility index (Phi) is 8.34. The Morgan fingerprint density at radius 2 is 2.13 bits per heavy atom. The van der Waals surface area contributed by atoms with Crippen molar-refractivity contribution in [2.24, 2.45) is 5.10 Å². The summed E-state index contributed by atoms with van der Waals surface area (Å²) in [5.74, 6) is 0.444. The van der Waals surface area contributed by atoms with Crippen LogP contribution in [0.1, 0.15) is 11.1 Å². The molecule has 0 bridgehead atoms. The molecule has 2 aromatic carbocycles. The number of nitrogens with one attached hydrogen (secondary N) is 1. The van der Waals surface area contributed by atoms with Gasteiger partial charge in [-0.25, -0.2) is 5.43 Å². The van der Waals surface area contributed by atoms with E-state index in [1.54, 1.807) is 24.3 Å². The molecule has 0 atom stereocenters. The van der Waals surface area contributed by atoms with Crippen molar-refractivity contribution in [3.8, 4) is 5.75 Å². The summed E-state index contributed by atoms with van der Waals surface area (Å²) in [6.45, 7) is 0.256. The Morgan fingerprint density at radius 3 is 2.87 bits per heavy atom. The quantitative estimate of drug-likeness (QED) is 0.234. The first-order chi connectivity index (χ1) is 14.4. The van der Waals surface area contributed by atoms with Crippen LogP contribution in [0.4, 0.5) is 5.13 Å². The van der Waals surface area contributed by atoms with Crippen molar-refractivity contribution in [3.05, 3.63) is 62.0 Å². The minimum absolute atomic E-state index is 0.142. The van der Waals surface area contributed by atoms with Crippen LogP contribution in [0.15, 0.2) is 50.3 Å². The maximum atomic E-state index is 12.0. The van der Waals surface area contributed by atoms with Gasteiger partial charge in [0, 0.05) is 25.6 Å². The average molecular weight is 547 g/mol. The monoisotopic (exact) mass is 545 g/mol. The summed E-state index contributed by atoms with van der Waals surface area (Å²) < 4.78 is 7.35. The number of nitrogens with zero attached hydrogens (tertiary/aromatic N) is 3. The number of amides is 1. The normalized spacial score (nSPS) is 11.0. The predicted molar refractivity (Wildman–Crippen MR) is 126 cm³/mol. The first kappa shape index (κ1) is 22.8. The third-order valence-corrected chi connectivity index (χ3v) is 6.48. The Hall–Kier alpha value is -1.85. The molecule has 3 N–H and O–H groups in total. The van der Waals surface area contributed by atoms with Crippen LogP contribution in [-0.4, -0.2) is 28.1 Å². The fourth-order valence-corrected chi connectivity index (χ4v) is 4.43. The lowest BCUT2D eigenvalue weighted by molar-refractivity contribution is -0.118. The molecule has 0 fully saturated rings. The van der Waals surface area contributed by atoms with Crippen LogP contribution in [0.25, 0.3) is 0 Å². The number of nitrogen functional groups attached to an aromatic ring is 1. The molecule has 156 valence electrons. The van der Waals surface area contributed by atoms with Gasteiger partial charge in [0.2, 0.25) is 5.13 Å². The number of carbonyl (C=O) groups is 1. The van der Waals surface area contributed by atoms with Gasteiger partial charge >= 0.3 is 0 Å². The zero-order valence-electron chi connectivity index (χ0n) is 15.1. The second-order valence-electron chi connectivity index (χ2n) is 5.69. The van der Waals surface area contributed by atoms with E-state index in [-0.39, 0.29) is 18.3 Å². The van der Waals surface area contributed by atoms with Gasteiger partial charge in [0.05, 0.1) is 12.0 Å². The molecule has 0 radical (unpaired) electrons. The van der Waals surface area contributed by atoms with Gasteiger partial charge in [0.1, 0.15) is 12.4 Å². The van der Waals surface area contributed by atoms with Crippen LogP contribution in [-0.2, 0) is 11.4 Å². The number of carbonyl (C=O) groups excluding carboxylic acids is 1. The molecule has 1 aromatic heterocycles. The van der Waals surface area contributed by atoms with E-state index in [2.05, 4.69) is 36.7 Å². The molecule has 1 heterocycles. The maximum Gasteiger partial charge on any atom is 0.250 e. The van der Waals surface area contributed by atoms with E-state index >= 15 is 0 Å². The standard InChI is InChI=1S/C18H14BrCl2N5O2S2/c19-12-2-4-15(28-8-10-1-3-13(20)6-14(10)21)11(5-12)7-23-24-16(27)9-29-18-26-25-17(22)30-18/h1-7H,8-9H2,(H2,22,25)(H,24,27). The molecule has 0 unspecified atom stereocenters. The minimum Gasteiger partial charge on any atom is -0.488 e. The molecular formula is C18H14BrCl2N5O2S2. The van der Waals surface area contributed by atoms with Crippen LogP contribution in [0.2, 0.25) is 10.0 Å². The highest BCUT2D eigenvalue weighted by atomic mass is 79.9. The zero-order valence-corrected chi connectivity index (χ0v) is 19.9. The third kappa shape index (κ3) is 6.85. The summed E-state index contributed by atoms with van der Waals surface area (Å²) in [5, 5.41) is 13.0. The number of anilines is 1. The van der Waals surface area contributed by atoms with Crippen molar-refractivity contribution in [1.82, 2.24) is 15.6 Å². The van der Waals surface area contributed by atoms with Crippen molar-refractivity contribution in [1.29, 1.82) is 0 Å². The van der Waals surface area contributed by atoms with E-state index in [0.29, 0.717) is 30.8 Å². The number of benzene rings is 2. The van der Waals surface area contributed by atoms with Crippen LogP contribution < -0.4 is 15.9 Å². The van der Waals surface area contributed by atoms with Crippen LogP contribution in [0.3, 0.4) is 0 Å². The van der Waals surface area contributed by atoms with Gasteiger partial charge < -0.3 is 10.5 Å². The second kappa shape index (κ2) is 11.0. The molecule has 0 aliphatic heterocycles.